The maximum atomic E-state index is 12.6. The third-order valence-corrected chi connectivity index (χ3v) is 5.15. The van der Waals surface area contributed by atoms with Crippen LogP contribution in [0.2, 0.25) is 5.02 Å². The summed E-state index contributed by atoms with van der Waals surface area (Å²) in [5.74, 6) is 1.18. The molecule has 3 rings (SSSR count). The molecule has 1 N–H and O–H groups in total. The molecule has 0 radical (unpaired) electrons. The molecule has 2 aromatic heterocycles. The number of aromatic nitrogens is 3. The lowest BCUT2D eigenvalue weighted by Crippen LogP contribution is -2.12. The van der Waals surface area contributed by atoms with Gasteiger partial charge in [-0.25, -0.2) is 15.0 Å². The van der Waals surface area contributed by atoms with E-state index >= 15 is 0 Å². The molecule has 0 spiro atoms. The summed E-state index contributed by atoms with van der Waals surface area (Å²) in [5, 5.41) is 4.04. The third-order valence-electron chi connectivity index (χ3n) is 3.76. The zero-order valence-electron chi connectivity index (χ0n) is 14.9. The number of hydrogen-bond donors (Lipinski definition) is 1. The van der Waals surface area contributed by atoms with Crippen LogP contribution in [0.15, 0.2) is 30.5 Å². The summed E-state index contributed by atoms with van der Waals surface area (Å²) < 4.78 is 0. The lowest BCUT2D eigenvalue weighted by atomic mass is 10.2. The molecule has 0 aliphatic heterocycles. The molecule has 8 heteroatoms. The average Bonchev–Trinajstić information content (AvgIpc) is 3.06. The van der Waals surface area contributed by atoms with E-state index in [1.807, 2.05) is 50.9 Å². The fraction of sp³-hybridized carbons (Fsp3) is 0.222. The minimum atomic E-state index is -0.242. The van der Waals surface area contributed by atoms with Crippen LogP contribution in [0.5, 0.6) is 0 Å². The summed E-state index contributed by atoms with van der Waals surface area (Å²) in [7, 11) is 1.86. The van der Waals surface area contributed by atoms with Crippen LogP contribution in [0, 0.1) is 20.8 Å². The minimum Gasteiger partial charge on any atom is -0.320 e. The quantitative estimate of drug-likeness (QED) is 0.712. The Morgan fingerprint density at radius 2 is 2.00 bits per heavy atom. The summed E-state index contributed by atoms with van der Waals surface area (Å²) in [4.78, 5) is 27.9. The molecule has 26 heavy (non-hydrogen) atoms. The molecule has 0 aliphatic rings. The summed E-state index contributed by atoms with van der Waals surface area (Å²) in [6, 6.07) is 7.36. The zero-order valence-corrected chi connectivity index (χ0v) is 16.4. The second-order valence-corrected chi connectivity index (χ2v) is 7.28. The minimum absolute atomic E-state index is 0.242. The van der Waals surface area contributed by atoms with E-state index in [2.05, 4.69) is 20.3 Å². The van der Waals surface area contributed by atoms with Crippen molar-refractivity contribution in [1.29, 1.82) is 0 Å². The lowest BCUT2D eigenvalue weighted by Gasteiger charge is -2.15. The van der Waals surface area contributed by atoms with Gasteiger partial charge >= 0.3 is 0 Å². The van der Waals surface area contributed by atoms with E-state index in [1.165, 1.54) is 11.3 Å². The van der Waals surface area contributed by atoms with E-state index in [4.69, 9.17) is 11.6 Å². The van der Waals surface area contributed by atoms with Gasteiger partial charge in [-0.15, -0.1) is 0 Å². The van der Waals surface area contributed by atoms with E-state index in [0.29, 0.717) is 26.5 Å². The standard InChI is InChI=1S/C18H18ClN5OS/c1-10-6-5-7-13(19)16(10)23-17(25)14-9-20-18(26-14)24(4)15-8-11(2)21-12(3)22-15/h5-9H,1-4H3,(H,23,25). The Kier molecular flexibility index (Phi) is 5.20. The molecule has 1 amide bonds. The van der Waals surface area contributed by atoms with Crippen molar-refractivity contribution in [3.63, 3.8) is 0 Å². The topological polar surface area (TPSA) is 71.0 Å². The molecule has 2 heterocycles. The van der Waals surface area contributed by atoms with E-state index in [9.17, 15) is 4.79 Å². The molecule has 0 fully saturated rings. The zero-order chi connectivity index (χ0) is 18.8. The van der Waals surface area contributed by atoms with Gasteiger partial charge in [-0.1, -0.05) is 35.1 Å². The Morgan fingerprint density at radius 3 is 2.69 bits per heavy atom. The summed E-state index contributed by atoms with van der Waals surface area (Å²) >= 11 is 7.46. The first-order chi connectivity index (χ1) is 12.3. The number of para-hydroxylation sites is 1. The highest BCUT2D eigenvalue weighted by Gasteiger charge is 2.17. The van der Waals surface area contributed by atoms with E-state index in [-0.39, 0.29) is 5.91 Å². The van der Waals surface area contributed by atoms with Crippen LogP contribution >= 0.6 is 22.9 Å². The fourth-order valence-corrected chi connectivity index (χ4v) is 3.51. The fourth-order valence-electron chi connectivity index (χ4n) is 2.46. The Morgan fingerprint density at radius 1 is 1.23 bits per heavy atom. The maximum absolute atomic E-state index is 12.6. The van der Waals surface area contributed by atoms with Crippen LogP contribution in [0.3, 0.4) is 0 Å². The Balaban J connectivity index is 1.82. The Bertz CT molecular complexity index is 931. The maximum Gasteiger partial charge on any atom is 0.267 e. The van der Waals surface area contributed by atoms with Crippen LogP contribution in [0.4, 0.5) is 16.6 Å². The number of carbonyl (C=O) groups is 1. The molecule has 6 nitrogen and oxygen atoms in total. The first kappa shape index (κ1) is 18.3. The van der Waals surface area contributed by atoms with Gasteiger partial charge in [0, 0.05) is 18.8 Å². The van der Waals surface area contributed by atoms with Gasteiger partial charge in [0.25, 0.3) is 5.91 Å². The van der Waals surface area contributed by atoms with Crippen LogP contribution in [0.25, 0.3) is 0 Å². The van der Waals surface area contributed by atoms with Gasteiger partial charge < -0.3 is 10.2 Å². The molecule has 3 aromatic rings. The number of benzene rings is 1. The predicted molar refractivity (Wildman–Crippen MR) is 106 cm³/mol. The van der Waals surface area contributed by atoms with Crippen molar-refractivity contribution < 1.29 is 4.79 Å². The Labute approximate surface area is 160 Å². The van der Waals surface area contributed by atoms with Crippen LogP contribution in [0.1, 0.15) is 26.8 Å². The summed E-state index contributed by atoms with van der Waals surface area (Å²) in [6.07, 6.45) is 1.55. The number of carbonyl (C=O) groups excluding carboxylic acids is 1. The van der Waals surface area contributed by atoms with Crippen molar-refractivity contribution >= 4 is 45.5 Å². The number of rotatable bonds is 4. The first-order valence-electron chi connectivity index (χ1n) is 7.93. The number of aryl methyl sites for hydroxylation is 3. The van der Waals surface area contributed by atoms with Crippen molar-refractivity contribution in [3.05, 3.63) is 57.4 Å². The van der Waals surface area contributed by atoms with Crippen molar-refractivity contribution in [2.24, 2.45) is 0 Å². The molecule has 0 bridgehead atoms. The van der Waals surface area contributed by atoms with Gasteiger partial charge in [0.1, 0.15) is 16.5 Å². The van der Waals surface area contributed by atoms with E-state index < -0.39 is 0 Å². The average molecular weight is 388 g/mol. The van der Waals surface area contributed by atoms with Gasteiger partial charge in [-0.3, -0.25) is 4.79 Å². The third kappa shape index (κ3) is 3.84. The van der Waals surface area contributed by atoms with Gasteiger partial charge in [0.15, 0.2) is 5.13 Å². The summed E-state index contributed by atoms with van der Waals surface area (Å²) in [5.41, 5.74) is 2.40. The second kappa shape index (κ2) is 7.39. The molecular weight excluding hydrogens is 370 g/mol. The van der Waals surface area contributed by atoms with Gasteiger partial charge in [-0.2, -0.15) is 0 Å². The molecular formula is C18H18ClN5OS. The molecule has 0 unspecified atom stereocenters. The van der Waals surface area contributed by atoms with Crippen LogP contribution in [-0.2, 0) is 0 Å². The molecule has 134 valence electrons. The van der Waals surface area contributed by atoms with Crippen molar-refractivity contribution in [3.8, 4) is 0 Å². The number of nitrogens with one attached hydrogen (secondary N) is 1. The number of anilines is 3. The van der Waals surface area contributed by atoms with Crippen LogP contribution in [-0.4, -0.2) is 27.9 Å². The molecule has 0 atom stereocenters. The number of halogens is 1. The molecule has 0 saturated carbocycles. The Hall–Kier alpha value is -2.51. The van der Waals surface area contributed by atoms with Crippen molar-refractivity contribution in [2.75, 3.05) is 17.3 Å². The van der Waals surface area contributed by atoms with Crippen LogP contribution < -0.4 is 10.2 Å². The van der Waals surface area contributed by atoms with Gasteiger partial charge in [-0.05, 0) is 32.4 Å². The van der Waals surface area contributed by atoms with Gasteiger partial charge in [0.05, 0.1) is 16.9 Å². The molecule has 0 saturated heterocycles. The SMILES string of the molecule is Cc1cc(N(C)c2ncc(C(=O)Nc3c(C)cccc3Cl)s2)nc(C)n1. The number of hydrogen-bond acceptors (Lipinski definition) is 6. The highest BCUT2D eigenvalue weighted by Crippen LogP contribution is 2.29. The molecule has 1 aromatic carbocycles. The lowest BCUT2D eigenvalue weighted by molar-refractivity contribution is 0.103. The predicted octanol–water partition coefficient (Wildman–Crippen LogP) is 4.53. The van der Waals surface area contributed by atoms with E-state index in [1.54, 1.807) is 12.3 Å². The highest BCUT2D eigenvalue weighted by atomic mass is 35.5. The first-order valence-corrected chi connectivity index (χ1v) is 9.13. The number of nitrogens with zero attached hydrogens (tertiary/aromatic N) is 4. The number of thiazole rings is 1. The summed E-state index contributed by atoms with van der Waals surface area (Å²) in [6.45, 7) is 5.66. The second-order valence-electron chi connectivity index (χ2n) is 5.87. The molecule has 0 aliphatic carbocycles. The van der Waals surface area contributed by atoms with Gasteiger partial charge in [0.2, 0.25) is 0 Å². The monoisotopic (exact) mass is 387 g/mol. The largest absolute Gasteiger partial charge is 0.320 e. The van der Waals surface area contributed by atoms with Crippen molar-refractivity contribution in [2.45, 2.75) is 20.8 Å². The number of amides is 1. The van der Waals surface area contributed by atoms with E-state index in [0.717, 1.165) is 17.1 Å². The smallest absolute Gasteiger partial charge is 0.267 e. The van der Waals surface area contributed by atoms with Crippen molar-refractivity contribution in [1.82, 2.24) is 15.0 Å². The normalized spacial score (nSPS) is 10.7. The highest BCUT2D eigenvalue weighted by molar-refractivity contribution is 7.17.